The monoisotopic (exact) mass is 416 g/mol. The smallest absolute Gasteiger partial charge is 0.340 e. The van der Waals surface area contributed by atoms with Gasteiger partial charge in [0.15, 0.2) is 6.61 Å². The minimum absolute atomic E-state index is 0.0436. The first-order valence-electron chi connectivity index (χ1n) is 9.05. The van der Waals surface area contributed by atoms with Crippen molar-refractivity contribution in [3.63, 3.8) is 0 Å². The first-order valence-corrected chi connectivity index (χ1v) is 10.9. The van der Waals surface area contributed by atoms with Gasteiger partial charge in [0, 0.05) is 19.1 Å². The fraction of sp³-hybridized carbons (Fsp3) is 0.556. The molecule has 0 saturated heterocycles. The fourth-order valence-electron chi connectivity index (χ4n) is 3.08. The molecule has 9 heteroatoms. The zero-order valence-electron chi connectivity index (χ0n) is 15.5. The molecule has 1 N–H and O–H groups in total. The van der Waals surface area contributed by atoms with Gasteiger partial charge in [-0.15, -0.1) is 0 Å². The van der Waals surface area contributed by atoms with E-state index >= 15 is 0 Å². The number of halogens is 1. The molecule has 0 aromatic heterocycles. The second-order valence-electron chi connectivity index (χ2n) is 6.36. The molecule has 0 unspecified atom stereocenters. The largest absolute Gasteiger partial charge is 0.452 e. The van der Waals surface area contributed by atoms with Gasteiger partial charge in [0.2, 0.25) is 10.0 Å². The number of rotatable bonds is 8. The number of nitrogens with one attached hydrogen (secondary N) is 1. The molecule has 0 spiro atoms. The maximum atomic E-state index is 12.6. The molecular weight excluding hydrogens is 392 g/mol. The molecule has 1 aliphatic rings. The lowest BCUT2D eigenvalue weighted by molar-refractivity contribution is -0.124. The number of hydrogen-bond acceptors (Lipinski definition) is 5. The van der Waals surface area contributed by atoms with E-state index < -0.39 is 22.6 Å². The van der Waals surface area contributed by atoms with Gasteiger partial charge in [-0.3, -0.25) is 4.79 Å². The van der Waals surface area contributed by atoms with Crippen molar-refractivity contribution in [1.29, 1.82) is 0 Å². The predicted octanol–water partition coefficient (Wildman–Crippen LogP) is 2.59. The SMILES string of the molecule is CCN(CC)S(=O)(=O)c1ccc(Cl)c(C(=O)OCC(=O)NC2CCCC2)c1. The van der Waals surface area contributed by atoms with E-state index in [2.05, 4.69) is 5.32 Å². The topological polar surface area (TPSA) is 92.8 Å². The van der Waals surface area contributed by atoms with Crippen molar-refractivity contribution in [3.8, 4) is 0 Å². The normalized spacial score (nSPS) is 15.1. The number of esters is 1. The van der Waals surface area contributed by atoms with Crippen molar-refractivity contribution >= 4 is 33.5 Å². The van der Waals surface area contributed by atoms with Gasteiger partial charge in [0.05, 0.1) is 15.5 Å². The quantitative estimate of drug-likeness (QED) is 0.657. The van der Waals surface area contributed by atoms with E-state index in [-0.39, 0.29) is 27.4 Å². The Morgan fingerprint density at radius 1 is 1.22 bits per heavy atom. The molecule has 0 aliphatic heterocycles. The van der Waals surface area contributed by atoms with Crippen LogP contribution in [-0.4, -0.2) is 50.3 Å². The Morgan fingerprint density at radius 2 is 1.85 bits per heavy atom. The lowest BCUT2D eigenvalue weighted by atomic mass is 10.2. The van der Waals surface area contributed by atoms with Crippen LogP contribution >= 0.6 is 11.6 Å². The maximum absolute atomic E-state index is 12.6. The fourth-order valence-corrected chi connectivity index (χ4v) is 4.76. The molecule has 7 nitrogen and oxygen atoms in total. The molecule has 1 amide bonds. The zero-order chi connectivity index (χ0) is 20.0. The van der Waals surface area contributed by atoms with Crippen LogP contribution in [0.15, 0.2) is 23.1 Å². The Labute approximate surface area is 165 Å². The number of sulfonamides is 1. The third kappa shape index (κ3) is 5.43. The van der Waals surface area contributed by atoms with Gasteiger partial charge in [0.1, 0.15) is 0 Å². The van der Waals surface area contributed by atoms with Crippen LogP contribution in [0.3, 0.4) is 0 Å². The molecule has 1 aromatic carbocycles. The summed E-state index contributed by atoms with van der Waals surface area (Å²) in [6, 6.07) is 4.00. The Hall–Kier alpha value is -1.64. The Bertz CT molecular complexity index is 787. The molecule has 1 saturated carbocycles. The number of carbonyl (C=O) groups is 2. The predicted molar refractivity (Wildman–Crippen MR) is 102 cm³/mol. The summed E-state index contributed by atoms with van der Waals surface area (Å²) in [6.45, 7) is 3.65. The minimum atomic E-state index is -3.73. The minimum Gasteiger partial charge on any atom is -0.452 e. The lowest BCUT2D eigenvalue weighted by Crippen LogP contribution is -2.36. The van der Waals surface area contributed by atoms with Crippen molar-refractivity contribution in [2.75, 3.05) is 19.7 Å². The van der Waals surface area contributed by atoms with Crippen LogP contribution in [0, 0.1) is 0 Å². The van der Waals surface area contributed by atoms with E-state index in [1.54, 1.807) is 13.8 Å². The van der Waals surface area contributed by atoms with Crippen molar-refractivity contribution in [1.82, 2.24) is 9.62 Å². The zero-order valence-corrected chi connectivity index (χ0v) is 17.1. The third-order valence-corrected chi connectivity index (χ3v) is 6.93. The Balaban J connectivity index is 2.08. The summed E-state index contributed by atoms with van der Waals surface area (Å²) in [6.07, 6.45) is 4.01. The molecule has 0 bridgehead atoms. The standard InChI is InChI=1S/C18H25ClN2O5S/c1-3-21(4-2)27(24,25)14-9-10-16(19)15(11-14)18(23)26-12-17(22)20-13-7-5-6-8-13/h9-11,13H,3-8,12H2,1-2H3,(H,20,22). The van der Waals surface area contributed by atoms with E-state index in [1.807, 2.05) is 0 Å². The number of benzene rings is 1. The van der Waals surface area contributed by atoms with E-state index in [0.29, 0.717) is 13.1 Å². The molecule has 150 valence electrons. The molecular formula is C18H25ClN2O5S. The van der Waals surface area contributed by atoms with Crippen LogP contribution in [0.4, 0.5) is 0 Å². The Kier molecular flexibility index (Phi) is 7.64. The van der Waals surface area contributed by atoms with Crippen molar-refractivity contribution < 1.29 is 22.7 Å². The van der Waals surface area contributed by atoms with Gasteiger partial charge in [-0.2, -0.15) is 4.31 Å². The van der Waals surface area contributed by atoms with Crippen LogP contribution in [-0.2, 0) is 19.6 Å². The lowest BCUT2D eigenvalue weighted by Gasteiger charge is -2.19. The van der Waals surface area contributed by atoms with Gasteiger partial charge >= 0.3 is 5.97 Å². The molecule has 1 fully saturated rings. The maximum Gasteiger partial charge on any atom is 0.340 e. The first kappa shape index (κ1) is 21.7. The van der Waals surface area contributed by atoms with Gasteiger partial charge in [0.25, 0.3) is 5.91 Å². The van der Waals surface area contributed by atoms with Crippen LogP contribution in [0.25, 0.3) is 0 Å². The summed E-state index contributed by atoms with van der Waals surface area (Å²) < 4.78 is 31.5. The molecule has 1 aliphatic carbocycles. The molecule has 2 rings (SSSR count). The Morgan fingerprint density at radius 3 is 2.44 bits per heavy atom. The van der Waals surface area contributed by atoms with Crippen LogP contribution in [0.1, 0.15) is 49.9 Å². The highest BCUT2D eigenvalue weighted by Crippen LogP contribution is 2.24. The molecule has 0 radical (unpaired) electrons. The highest BCUT2D eigenvalue weighted by atomic mass is 35.5. The van der Waals surface area contributed by atoms with Crippen molar-refractivity contribution in [2.45, 2.75) is 50.5 Å². The van der Waals surface area contributed by atoms with Gasteiger partial charge in [-0.25, -0.2) is 13.2 Å². The molecule has 1 aromatic rings. The summed E-state index contributed by atoms with van der Waals surface area (Å²) in [5.74, 6) is -1.21. The number of carbonyl (C=O) groups excluding carboxylic acids is 2. The summed E-state index contributed by atoms with van der Waals surface area (Å²) in [4.78, 5) is 24.1. The molecule has 0 heterocycles. The first-order chi connectivity index (χ1) is 12.8. The summed E-state index contributed by atoms with van der Waals surface area (Å²) >= 11 is 6.03. The molecule has 0 atom stereocenters. The number of nitrogens with zero attached hydrogens (tertiary/aromatic N) is 1. The van der Waals surface area contributed by atoms with E-state index in [4.69, 9.17) is 16.3 Å². The van der Waals surface area contributed by atoms with Crippen LogP contribution in [0.5, 0.6) is 0 Å². The van der Waals surface area contributed by atoms with Crippen molar-refractivity contribution in [3.05, 3.63) is 28.8 Å². The van der Waals surface area contributed by atoms with Gasteiger partial charge in [-0.1, -0.05) is 38.3 Å². The number of ether oxygens (including phenoxy) is 1. The van der Waals surface area contributed by atoms with Gasteiger partial charge < -0.3 is 10.1 Å². The highest BCUT2D eigenvalue weighted by Gasteiger charge is 2.25. The summed E-state index contributed by atoms with van der Waals surface area (Å²) in [5, 5.41) is 2.88. The van der Waals surface area contributed by atoms with E-state index in [1.165, 1.54) is 22.5 Å². The van der Waals surface area contributed by atoms with E-state index in [0.717, 1.165) is 25.7 Å². The van der Waals surface area contributed by atoms with E-state index in [9.17, 15) is 18.0 Å². The summed E-state index contributed by atoms with van der Waals surface area (Å²) in [7, 11) is -3.73. The average Bonchev–Trinajstić information content (AvgIpc) is 3.13. The average molecular weight is 417 g/mol. The van der Waals surface area contributed by atoms with Crippen LogP contribution in [0.2, 0.25) is 5.02 Å². The van der Waals surface area contributed by atoms with Crippen molar-refractivity contribution in [2.24, 2.45) is 0 Å². The number of amides is 1. The highest BCUT2D eigenvalue weighted by molar-refractivity contribution is 7.89. The third-order valence-electron chi connectivity index (χ3n) is 4.56. The van der Waals surface area contributed by atoms with Gasteiger partial charge in [-0.05, 0) is 31.0 Å². The second kappa shape index (κ2) is 9.52. The molecule has 27 heavy (non-hydrogen) atoms. The summed E-state index contributed by atoms with van der Waals surface area (Å²) in [5.41, 5.74) is -0.0847. The number of hydrogen-bond donors (Lipinski definition) is 1. The second-order valence-corrected chi connectivity index (χ2v) is 8.70. The van der Waals surface area contributed by atoms with Crippen LogP contribution < -0.4 is 5.32 Å².